The number of aliphatic hydroxyl groups excluding tert-OH is 1. The fraction of sp³-hybridized carbons (Fsp3) is 0.385. The minimum absolute atomic E-state index is 0.00465. The number of carbonyl (C=O) groups is 1. The van der Waals surface area contributed by atoms with Gasteiger partial charge in [-0.2, -0.15) is 0 Å². The van der Waals surface area contributed by atoms with Gasteiger partial charge in [-0.25, -0.2) is 8.78 Å². The van der Waals surface area contributed by atoms with Crippen LogP contribution in [0.4, 0.5) is 14.5 Å². The minimum Gasteiger partial charge on any atom is -0.395 e. The molecule has 0 aromatic heterocycles. The molecule has 0 aliphatic rings. The standard InChI is InChI=1S/C13H17F2N3O2S/c14-11(15)7-18(4-5-19)8-12(20)17-10-3-1-2-9(6-10)13(16)21/h1-3,6,11,19H,4-5,7-8H2,(H2,16,21)(H,17,20). The van der Waals surface area contributed by atoms with Crippen LogP contribution < -0.4 is 11.1 Å². The Morgan fingerprint density at radius 1 is 1.48 bits per heavy atom. The van der Waals surface area contributed by atoms with Gasteiger partial charge >= 0.3 is 0 Å². The molecule has 1 aromatic rings. The van der Waals surface area contributed by atoms with Crippen LogP contribution in [0.15, 0.2) is 24.3 Å². The van der Waals surface area contributed by atoms with E-state index in [1.807, 2.05) is 0 Å². The van der Waals surface area contributed by atoms with Crippen molar-refractivity contribution in [3.63, 3.8) is 0 Å². The number of thiocarbonyl (C=S) groups is 1. The molecule has 0 radical (unpaired) electrons. The highest BCUT2D eigenvalue weighted by Gasteiger charge is 2.15. The van der Waals surface area contributed by atoms with E-state index in [9.17, 15) is 13.6 Å². The molecule has 116 valence electrons. The summed E-state index contributed by atoms with van der Waals surface area (Å²) >= 11 is 4.83. The van der Waals surface area contributed by atoms with E-state index in [-0.39, 0.29) is 24.7 Å². The molecule has 0 fully saturated rings. The molecule has 1 aromatic carbocycles. The second-order valence-electron chi connectivity index (χ2n) is 4.34. The third-order valence-corrected chi connectivity index (χ3v) is 2.85. The van der Waals surface area contributed by atoms with E-state index < -0.39 is 18.9 Å². The summed E-state index contributed by atoms with van der Waals surface area (Å²) in [6.45, 7) is -1.09. The second kappa shape index (κ2) is 8.60. The summed E-state index contributed by atoms with van der Waals surface area (Å²) in [6, 6.07) is 6.62. The minimum atomic E-state index is -2.57. The van der Waals surface area contributed by atoms with E-state index in [1.54, 1.807) is 24.3 Å². The van der Waals surface area contributed by atoms with Crippen LogP contribution in [-0.2, 0) is 4.79 Å². The van der Waals surface area contributed by atoms with Crippen molar-refractivity contribution in [1.29, 1.82) is 0 Å². The number of benzene rings is 1. The van der Waals surface area contributed by atoms with Crippen molar-refractivity contribution in [2.45, 2.75) is 6.43 Å². The van der Waals surface area contributed by atoms with Crippen molar-refractivity contribution in [3.05, 3.63) is 29.8 Å². The van der Waals surface area contributed by atoms with Crippen molar-refractivity contribution in [2.24, 2.45) is 5.73 Å². The average Bonchev–Trinajstić information content (AvgIpc) is 2.38. The predicted octanol–water partition coefficient (Wildman–Crippen LogP) is 0.819. The molecule has 0 bridgehead atoms. The molecule has 8 heteroatoms. The molecular weight excluding hydrogens is 300 g/mol. The maximum atomic E-state index is 12.3. The topological polar surface area (TPSA) is 78.6 Å². The van der Waals surface area contributed by atoms with Gasteiger partial charge in [0.25, 0.3) is 6.43 Å². The largest absolute Gasteiger partial charge is 0.395 e. The van der Waals surface area contributed by atoms with E-state index >= 15 is 0 Å². The van der Waals surface area contributed by atoms with Gasteiger partial charge in [-0.3, -0.25) is 9.69 Å². The van der Waals surface area contributed by atoms with Crippen LogP contribution in [0.3, 0.4) is 0 Å². The van der Waals surface area contributed by atoms with Gasteiger partial charge in [-0.15, -0.1) is 0 Å². The van der Waals surface area contributed by atoms with Gasteiger partial charge < -0.3 is 16.2 Å². The van der Waals surface area contributed by atoms with Crippen LogP contribution in [0.5, 0.6) is 0 Å². The lowest BCUT2D eigenvalue weighted by Gasteiger charge is -2.20. The zero-order chi connectivity index (χ0) is 15.8. The van der Waals surface area contributed by atoms with E-state index in [1.165, 1.54) is 4.90 Å². The number of rotatable bonds is 8. The van der Waals surface area contributed by atoms with E-state index in [2.05, 4.69) is 5.32 Å². The number of nitrogens with zero attached hydrogens (tertiary/aromatic N) is 1. The van der Waals surface area contributed by atoms with Crippen molar-refractivity contribution >= 4 is 28.8 Å². The number of hydrogen-bond acceptors (Lipinski definition) is 4. The summed E-state index contributed by atoms with van der Waals surface area (Å²) in [4.78, 5) is 13.2. The average molecular weight is 317 g/mol. The summed E-state index contributed by atoms with van der Waals surface area (Å²) < 4.78 is 24.7. The molecule has 0 atom stereocenters. The monoisotopic (exact) mass is 317 g/mol. The maximum absolute atomic E-state index is 12.3. The number of alkyl halides is 2. The van der Waals surface area contributed by atoms with Crippen molar-refractivity contribution in [2.75, 3.05) is 31.6 Å². The van der Waals surface area contributed by atoms with Gasteiger partial charge in [-0.1, -0.05) is 24.4 Å². The highest BCUT2D eigenvalue weighted by molar-refractivity contribution is 7.80. The smallest absolute Gasteiger partial charge is 0.251 e. The number of hydrogen-bond donors (Lipinski definition) is 3. The Bertz CT molecular complexity index is 500. The number of amides is 1. The lowest BCUT2D eigenvalue weighted by molar-refractivity contribution is -0.117. The maximum Gasteiger partial charge on any atom is 0.251 e. The predicted molar refractivity (Wildman–Crippen MR) is 80.5 cm³/mol. The van der Waals surface area contributed by atoms with Gasteiger partial charge in [0, 0.05) is 17.8 Å². The Labute approximate surface area is 126 Å². The lowest BCUT2D eigenvalue weighted by Crippen LogP contribution is -2.38. The first-order valence-corrected chi connectivity index (χ1v) is 6.64. The number of nitrogens with one attached hydrogen (secondary N) is 1. The van der Waals surface area contributed by atoms with Gasteiger partial charge in [0.05, 0.1) is 19.7 Å². The number of carbonyl (C=O) groups excluding carboxylic acids is 1. The Morgan fingerprint density at radius 3 is 2.76 bits per heavy atom. The van der Waals surface area contributed by atoms with E-state index in [0.29, 0.717) is 11.3 Å². The van der Waals surface area contributed by atoms with E-state index in [0.717, 1.165) is 0 Å². The van der Waals surface area contributed by atoms with Gasteiger partial charge in [0.2, 0.25) is 5.91 Å². The molecule has 0 unspecified atom stereocenters. The molecule has 0 aliphatic heterocycles. The molecule has 1 rings (SSSR count). The highest BCUT2D eigenvalue weighted by atomic mass is 32.1. The number of nitrogens with two attached hydrogens (primary N) is 1. The van der Waals surface area contributed by atoms with Crippen molar-refractivity contribution < 1.29 is 18.7 Å². The molecule has 1 amide bonds. The van der Waals surface area contributed by atoms with Gasteiger partial charge in [0.15, 0.2) is 0 Å². The Morgan fingerprint density at radius 2 is 2.19 bits per heavy atom. The fourth-order valence-corrected chi connectivity index (χ4v) is 1.85. The highest BCUT2D eigenvalue weighted by Crippen LogP contribution is 2.10. The zero-order valence-corrected chi connectivity index (χ0v) is 12.1. The quantitative estimate of drug-likeness (QED) is 0.619. The third-order valence-electron chi connectivity index (χ3n) is 2.61. The molecule has 5 nitrogen and oxygen atoms in total. The molecule has 0 saturated heterocycles. The fourth-order valence-electron chi connectivity index (χ4n) is 1.73. The normalized spacial score (nSPS) is 10.9. The number of halogens is 2. The Kier molecular flexibility index (Phi) is 7.13. The van der Waals surface area contributed by atoms with Gasteiger partial charge in [-0.05, 0) is 12.1 Å². The van der Waals surface area contributed by atoms with E-state index in [4.69, 9.17) is 23.1 Å². The first-order valence-electron chi connectivity index (χ1n) is 6.23. The molecule has 0 aliphatic carbocycles. The number of aliphatic hydroxyl groups is 1. The Hall–Kier alpha value is -1.64. The summed E-state index contributed by atoms with van der Waals surface area (Å²) in [6.07, 6.45) is -2.57. The number of anilines is 1. The lowest BCUT2D eigenvalue weighted by atomic mass is 10.2. The zero-order valence-electron chi connectivity index (χ0n) is 11.3. The molecule has 4 N–H and O–H groups in total. The van der Waals surface area contributed by atoms with Crippen LogP contribution in [0, 0.1) is 0 Å². The van der Waals surface area contributed by atoms with Gasteiger partial charge in [0.1, 0.15) is 4.99 Å². The second-order valence-corrected chi connectivity index (χ2v) is 4.78. The summed E-state index contributed by atoms with van der Waals surface area (Å²) in [5, 5.41) is 11.4. The van der Waals surface area contributed by atoms with Crippen molar-refractivity contribution in [1.82, 2.24) is 4.90 Å². The van der Waals surface area contributed by atoms with Crippen molar-refractivity contribution in [3.8, 4) is 0 Å². The van der Waals surface area contributed by atoms with Crippen LogP contribution in [-0.4, -0.2) is 53.6 Å². The molecule has 0 saturated carbocycles. The van der Waals surface area contributed by atoms with Crippen LogP contribution in [0.2, 0.25) is 0 Å². The van der Waals surface area contributed by atoms with Crippen LogP contribution >= 0.6 is 12.2 Å². The SMILES string of the molecule is NC(=S)c1cccc(NC(=O)CN(CCO)CC(F)F)c1. The first kappa shape index (κ1) is 17.4. The molecule has 0 spiro atoms. The Balaban J connectivity index is 2.63. The molecular formula is C13H17F2N3O2S. The third kappa shape index (κ3) is 6.56. The molecule has 0 heterocycles. The van der Waals surface area contributed by atoms with Crippen LogP contribution in [0.25, 0.3) is 0 Å². The molecule has 21 heavy (non-hydrogen) atoms. The summed E-state index contributed by atoms with van der Waals surface area (Å²) in [5.74, 6) is -0.454. The first-order chi connectivity index (χ1) is 9.92. The van der Waals surface area contributed by atoms with Crippen LogP contribution in [0.1, 0.15) is 5.56 Å². The summed E-state index contributed by atoms with van der Waals surface area (Å²) in [5.41, 5.74) is 6.57. The summed E-state index contributed by atoms with van der Waals surface area (Å²) in [7, 11) is 0.